The van der Waals surface area contributed by atoms with Gasteiger partial charge >= 0.3 is 0 Å². The Hall–Kier alpha value is -4.58. The lowest BCUT2D eigenvalue weighted by molar-refractivity contribution is -0.169. The van der Waals surface area contributed by atoms with Crippen molar-refractivity contribution in [2.75, 3.05) is 21.3 Å². The first-order valence-electron chi connectivity index (χ1n) is 13.0. The number of aryl methyl sites for hydroxylation is 1. The van der Waals surface area contributed by atoms with Crippen LogP contribution in [0.4, 0.5) is 4.39 Å². The van der Waals surface area contributed by atoms with Gasteiger partial charge in [0.15, 0.2) is 17.7 Å². The summed E-state index contributed by atoms with van der Waals surface area (Å²) in [5, 5.41) is 8.14. The number of nitrogens with zero attached hydrogens (tertiary/aromatic N) is 4. The minimum atomic E-state index is -0.525. The van der Waals surface area contributed by atoms with Crippen LogP contribution in [0.1, 0.15) is 57.9 Å². The van der Waals surface area contributed by atoms with Crippen molar-refractivity contribution in [3.63, 3.8) is 0 Å². The third-order valence-electron chi connectivity index (χ3n) is 6.89. The molecule has 2 amide bonds. The van der Waals surface area contributed by atoms with Crippen molar-refractivity contribution in [3.8, 4) is 5.75 Å². The molecule has 0 radical (unpaired) electrons. The Morgan fingerprint density at radius 2 is 2.00 bits per heavy atom. The summed E-state index contributed by atoms with van der Waals surface area (Å²) < 4.78 is 20.1. The number of aromatic nitrogens is 2. The fourth-order valence-corrected chi connectivity index (χ4v) is 4.50. The summed E-state index contributed by atoms with van der Waals surface area (Å²) in [6.07, 6.45) is 1.93. The van der Waals surface area contributed by atoms with Gasteiger partial charge in [-0.15, -0.1) is 0 Å². The summed E-state index contributed by atoms with van der Waals surface area (Å²) in [7, 11) is 4.22. The van der Waals surface area contributed by atoms with Gasteiger partial charge in [-0.1, -0.05) is 18.1 Å². The third kappa shape index (κ3) is 6.60. The molecule has 1 atom stereocenters. The van der Waals surface area contributed by atoms with Crippen LogP contribution in [-0.2, 0) is 34.0 Å². The zero-order valence-electron chi connectivity index (χ0n) is 23.6. The number of nitrogens with one attached hydrogen (secondary N) is 1. The molecule has 1 aliphatic heterocycles. The Bertz CT molecular complexity index is 1550. The fraction of sp³-hybridized carbons (Fsp3) is 0.345. The van der Waals surface area contributed by atoms with Crippen LogP contribution in [0.15, 0.2) is 52.5 Å². The summed E-state index contributed by atoms with van der Waals surface area (Å²) in [6.45, 7) is 3.80. The number of halogens is 1. The van der Waals surface area contributed by atoms with Gasteiger partial charge in [0.2, 0.25) is 0 Å². The lowest BCUT2D eigenvalue weighted by Gasteiger charge is -2.15. The predicted octanol–water partition coefficient (Wildman–Crippen LogP) is 3.08. The number of benzene rings is 1. The van der Waals surface area contributed by atoms with Crippen LogP contribution >= 0.6 is 0 Å². The number of carbonyl (C=O) groups is 2. The Labute approximate surface area is 236 Å². The number of hydroxylamine groups is 2. The molecule has 11 nitrogen and oxygen atoms in total. The van der Waals surface area contributed by atoms with Crippen molar-refractivity contribution >= 4 is 17.5 Å². The molecule has 216 valence electrons. The maximum Gasteiger partial charge on any atom is 0.265 e. The number of rotatable bonds is 10. The van der Waals surface area contributed by atoms with E-state index in [0.29, 0.717) is 46.6 Å². The number of methoxy groups -OCH3 is 1. The standard InChI is InChI=1S/C29H32FN5O6/c1-6-20-17(2)32-23(13-21(20)29(38)31-15-18-7-8-22(30)26(11-18)39-4)24-14-25(41-33-24)19-9-10-35(27(36)12-19)16-28(37)34(3)40-5/h7-13,25H,6,14-16H2,1-5H3,(H,31,38). The highest BCUT2D eigenvalue weighted by atomic mass is 19.1. The second-order valence-corrected chi connectivity index (χ2v) is 9.46. The van der Waals surface area contributed by atoms with Gasteiger partial charge in [0, 0.05) is 49.1 Å². The van der Waals surface area contributed by atoms with Gasteiger partial charge in [-0.05, 0) is 48.7 Å². The average Bonchev–Trinajstić information content (AvgIpc) is 3.47. The van der Waals surface area contributed by atoms with E-state index in [2.05, 4.69) is 15.5 Å². The maximum atomic E-state index is 13.8. The van der Waals surface area contributed by atoms with Gasteiger partial charge in [0.1, 0.15) is 12.3 Å². The van der Waals surface area contributed by atoms with Crippen molar-refractivity contribution < 1.29 is 28.4 Å². The summed E-state index contributed by atoms with van der Waals surface area (Å²) in [4.78, 5) is 53.1. The molecular formula is C29H32FN5O6. The first-order chi connectivity index (χ1) is 19.6. The molecule has 4 rings (SSSR count). The zero-order valence-corrected chi connectivity index (χ0v) is 23.6. The molecule has 1 aliphatic rings. The molecule has 0 fully saturated rings. The summed E-state index contributed by atoms with van der Waals surface area (Å²) in [6, 6.07) is 9.22. The highest BCUT2D eigenvalue weighted by molar-refractivity contribution is 6.03. The topological polar surface area (TPSA) is 124 Å². The smallest absolute Gasteiger partial charge is 0.265 e. The van der Waals surface area contributed by atoms with Crippen molar-refractivity contribution in [3.05, 3.63) is 92.4 Å². The molecule has 0 bridgehead atoms. The van der Waals surface area contributed by atoms with Gasteiger partial charge in [-0.25, -0.2) is 9.45 Å². The number of pyridine rings is 2. The van der Waals surface area contributed by atoms with Crippen molar-refractivity contribution in [1.29, 1.82) is 0 Å². The highest BCUT2D eigenvalue weighted by Gasteiger charge is 2.27. The first-order valence-corrected chi connectivity index (χ1v) is 13.0. The van der Waals surface area contributed by atoms with Crippen LogP contribution in [-0.4, -0.2) is 53.4 Å². The molecule has 1 unspecified atom stereocenters. The Morgan fingerprint density at radius 1 is 1.22 bits per heavy atom. The molecule has 0 saturated heterocycles. The Kier molecular flexibility index (Phi) is 9.13. The van der Waals surface area contributed by atoms with Crippen LogP contribution in [0.3, 0.4) is 0 Å². The van der Waals surface area contributed by atoms with Gasteiger partial charge in [0.05, 0.1) is 19.9 Å². The molecule has 41 heavy (non-hydrogen) atoms. The lowest BCUT2D eigenvalue weighted by atomic mass is 9.98. The molecule has 0 saturated carbocycles. The zero-order chi connectivity index (χ0) is 29.7. The molecule has 2 aromatic heterocycles. The number of amides is 2. The molecule has 0 spiro atoms. The highest BCUT2D eigenvalue weighted by Crippen LogP contribution is 2.29. The van der Waals surface area contributed by atoms with Crippen molar-refractivity contribution in [2.45, 2.75) is 45.9 Å². The second-order valence-electron chi connectivity index (χ2n) is 9.46. The van der Waals surface area contributed by atoms with E-state index in [4.69, 9.17) is 14.4 Å². The summed E-state index contributed by atoms with van der Waals surface area (Å²) in [5.41, 5.74) is 3.92. The largest absolute Gasteiger partial charge is 0.494 e. The first kappa shape index (κ1) is 29.4. The number of hydrogen-bond donors (Lipinski definition) is 1. The lowest BCUT2D eigenvalue weighted by Crippen LogP contribution is -2.33. The van der Waals surface area contributed by atoms with Gasteiger partial charge in [-0.2, -0.15) is 0 Å². The number of oxime groups is 1. The SMILES string of the molecule is CCc1c(C(=O)NCc2ccc(F)c(OC)c2)cc(C2=NOC(c3ccn(CC(=O)N(C)OC)c(=O)c3)C2)nc1C. The van der Waals surface area contributed by atoms with Gasteiger partial charge in [0.25, 0.3) is 17.4 Å². The minimum absolute atomic E-state index is 0.103. The van der Waals surface area contributed by atoms with E-state index < -0.39 is 11.9 Å². The van der Waals surface area contributed by atoms with E-state index in [1.54, 1.807) is 24.3 Å². The van der Waals surface area contributed by atoms with E-state index in [-0.39, 0.29) is 36.2 Å². The third-order valence-corrected chi connectivity index (χ3v) is 6.89. The minimum Gasteiger partial charge on any atom is -0.494 e. The maximum absolute atomic E-state index is 13.8. The molecule has 0 aliphatic carbocycles. The van der Waals surface area contributed by atoms with Crippen LogP contribution in [0.25, 0.3) is 0 Å². The second kappa shape index (κ2) is 12.7. The van der Waals surface area contributed by atoms with Gasteiger partial charge < -0.3 is 19.5 Å². The van der Waals surface area contributed by atoms with E-state index in [1.165, 1.54) is 44.2 Å². The molecule has 3 heterocycles. The Morgan fingerprint density at radius 3 is 2.68 bits per heavy atom. The number of ether oxygens (including phenoxy) is 1. The molecule has 12 heteroatoms. The van der Waals surface area contributed by atoms with Crippen molar-refractivity contribution in [2.24, 2.45) is 5.16 Å². The predicted molar refractivity (Wildman–Crippen MR) is 148 cm³/mol. The molecule has 3 aromatic rings. The van der Waals surface area contributed by atoms with E-state index in [9.17, 15) is 18.8 Å². The number of carbonyl (C=O) groups excluding carboxylic acids is 2. The van der Waals surface area contributed by atoms with E-state index in [0.717, 1.165) is 10.6 Å². The summed E-state index contributed by atoms with van der Waals surface area (Å²) >= 11 is 0. The summed E-state index contributed by atoms with van der Waals surface area (Å²) in [5.74, 6) is -1.05. The van der Waals surface area contributed by atoms with Crippen LogP contribution < -0.4 is 15.6 Å². The Balaban J connectivity index is 1.49. The van der Waals surface area contributed by atoms with Gasteiger partial charge in [-0.3, -0.25) is 24.2 Å². The van der Waals surface area contributed by atoms with E-state index >= 15 is 0 Å². The quantitative estimate of drug-likeness (QED) is 0.375. The average molecular weight is 566 g/mol. The van der Waals surface area contributed by atoms with E-state index in [1.807, 2.05) is 13.8 Å². The van der Waals surface area contributed by atoms with Crippen LogP contribution in [0.2, 0.25) is 0 Å². The number of likely N-dealkylation sites (N-methyl/N-ethyl adjacent to an activating group) is 1. The molecule has 1 aromatic carbocycles. The van der Waals surface area contributed by atoms with Crippen LogP contribution in [0, 0.1) is 12.7 Å². The monoisotopic (exact) mass is 565 g/mol. The van der Waals surface area contributed by atoms with Crippen LogP contribution in [0.5, 0.6) is 5.75 Å². The normalized spacial score (nSPS) is 14.3. The van der Waals surface area contributed by atoms with Crippen molar-refractivity contribution in [1.82, 2.24) is 19.9 Å². The fourth-order valence-electron chi connectivity index (χ4n) is 4.50. The molecule has 1 N–H and O–H groups in total. The number of hydrogen-bond acceptors (Lipinski definition) is 8. The molecular weight excluding hydrogens is 533 g/mol.